The highest BCUT2D eigenvalue weighted by molar-refractivity contribution is 9.10. The largest absolute Gasteiger partial charge is 0.260 e. The predicted molar refractivity (Wildman–Crippen MR) is 41.4 cm³/mol. The van der Waals surface area contributed by atoms with E-state index in [2.05, 4.69) is 20.9 Å². The molecular weight excluding hydrogens is 178 g/mol. The van der Waals surface area contributed by atoms with Gasteiger partial charge in [0.15, 0.2) is 0 Å². The van der Waals surface area contributed by atoms with Crippen LogP contribution < -0.4 is 0 Å². The standard InChI is InChI=1S/C7H8BrN/c1-5-3-4-9-6(2)7(5)8/h3-4H,1-2H3/i1D3,3D,4D. The van der Waals surface area contributed by atoms with Crippen LogP contribution in [-0.2, 0) is 0 Å². The van der Waals surface area contributed by atoms with Crippen molar-refractivity contribution in [2.45, 2.75) is 13.8 Å². The fourth-order valence-corrected chi connectivity index (χ4v) is 0.640. The molecule has 48 valence electrons. The summed E-state index contributed by atoms with van der Waals surface area (Å²) < 4.78 is 36.7. The molecule has 1 rings (SSSR count). The lowest BCUT2D eigenvalue weighted by molar-refractivity contribution is 1.15. The zero-order chi connectivity index (χ0) is 11.1. The van der Waals surface area contributed by atoms with Gasteiger partial charge >= 0.3 is 0 Å². The third kappa shape index (κ3) is 1.30. The normalized spacial score (nSPS) is 19.1. The van der Waals surface area contributed by atoms with Gasteiger partial charge in [-0.2, -0.15) is 0 Å². The molecule has 0 unspecified atom stereocenters. The second-order valence-electron chi connectivity index (χ2n) is 1.62. The van der Waals surface area contributed by atoms with Crippen LogP contribution in [0.5, 0.6) is 0 Å². The van der Waals surface area contributed by atoms with Gasteiger partial charge in [0, 0.05) is 14.8 Å². The average Bonchev–Trinajstić information content (AvgIpc) is 1.98. The van der Waals surface area contributed by atoms with Crippen molar-refractivity contribution in [1.82, 2.24) is 4.98 Å². The maximum atomic E-state index is 7.45. The first-order chi connectivity index (χ1) is 6.25. The van der Waals surface area contributed by atoms with Crippen molar-refractivity contribution in [1.29, 1.82) is 0 Å². The van der Waals surface area contributed by atoms with Crippen LogP contribution in [0.4, 0.5) is 0 Å². The molecule has 0 radical (unpaired) electrons. The minimum atomic E-state index is -2.39. The molecule has 1 aromatic rings. The van der Waals surface area contributed by atoms with Crippen LogP contribution in [0.1, 0.15) is 18.1 Å². The van der Waals surface area contributed by atoms with Gasteiger partial charge in [0.05, 0.1) is 8.44 Å². The number of aromatic nitrogens is 1. The molecule has 0 N–H and O–H groups in total. The molecule has 1 aromatic heterocycles. The average molecular weight is 191 g/mol. The Balaban J connectivity index is 3.56. The number of aryl methyl sites for hydroxylation is 1. The second-order valence-corrected chi connectivity index (χ2v) is 2.42. The van der Waals surface area contributed by atoms with Crippen molar-refractivity contribution < 1.29 is 6.85 Å². The van der Waals surface area contributed by atoms with Gasteiger partial charge in [0.2, 0.25) is 0 Å². The summed E-state index contributed by atoms with van der Waals surface area (Å²) in [7, 11) is 0. The molecule has 0 atom stereocenters. The molecule has 0 fully saturated rings. The Bertz CT molecular complexity index is 347. The van der Waals surface area contributed by atoms with Gasteiger partial charge in [-0.05, 0) is 41.3 Å². The lowest BCUT2D eigenvalue weighted by Gasteiger charge is -1.97. The zero-order valence-corrected chi connectivity index (χ0v) is 6.41. The van der Waals surface area contributed by atoms with E-state index in [0.717, 1.165) is 0 Å². The monoisotopic (exact) mass is 190 g/mol. The Hall–Kier alpha value is -0.370. The minimum absolute atomic E-state index is 0.144. The Kier molecular flexibility index (Phi) is 0.745. The van der Waals surface area contributed by atoms with E-state index in [9.17, 15) is 0 Å². The van der Waals surface area contributed by atoms with E-state index < -0.39 is 6.85 Å². The van der Waals surface area contributed by atoms with Gasteiger partial charge < -0.3 is 0 Å². The van der Waals surface area contributed by atoms with Crippen LogP contribution in [0.25, 0.3) is 0 Å². The molecule has 0 saturated carbocycles. The van der Waals surface area contributed by atoms with E-state index in [1.165, 1.54) is 0 Å². The van der Waals surface area contributed by atoms with E-state index in [1.54, 1.807) is 6.92 Å². The second kappa shape index (κ2) is 2.48. The summed E-state index contributed by atoms with van der Waals surface area (Å²) in [5.74, 6) is 0. The molecule has 0 amide bonds. The summed E-state index contributed by atoms with van der Waals surface area (Å²) in [5.41, 5.74) is 0.270. The highest BCUT2D eigenvalue weighted by atomic mass is 79.9. The lowest BCUT2D eigenvalue weighted by atomic mass is 10.3. The van der Waals surface area contributed by atoms with Crippen LogP contribution in [0.2, 0.25) is 0 Å². The third-order valence-corrected chi connectivity index (χ3v) is 1.91. The van der Waals surface area contributed by atoms with Gasteiger partial charge in [-0.25, -0.2) is 0 Å². The Labute approximate surface area is 70.3 Å². The highest BCUT2D eigenvalue weighted by Crippen LogP contribution is 2.16. The first-order valence-corrected chi connectivity index (χ1v) is 3.18. The summed E-state index contributed by atoms with van der Waals surface area (Å²) in [6.07, 6.45) is -0.308. The summed E-state index contributed by atoms with van der Waals surface area (Å²) in [4.78, 5) is 3.73. The summed E-state index contributed by atoms with van der Waals surface area (Å²) >= 11 is 3.08. The number of halogens is 1. The number of nitrogens with zero attached hydrogens (tertiary/aromatic N) is 1. The maximum absolute atomic E-state index is 7.45. The molecule has 0 spiro atoms. The molecule has 0 aliphatic carbocycles. The van der Waals surface area contributed by atoms with Crippen LogP contribution >= 0.6 is 15.9 Å². The SMILES string of the molecule is [2H]c1nc(C)c(Br)c(C([2H])([2H])[2H])c1[2H]. The number of hydrogen-bond donors (Lipinski definition) is 0. The van der Waals surface area contributed by atoms with Crippen LogP contribution in [0.15, 0.2) is 16.7 Å². The van der Waals surface area contributed by atoms with E-state index >= 15 is 0 Å². The van der Waals surface area contributed by atoms with Gasteiger partial charge in [-0.3, -0.25) is 4.98 Å². The van der Waals surface area contributed by atoms with Crippen molar-refractivity contribution in [3.63, 3.8) is 0 Å². The Morgan fingerprint density at radius 1 is 1.89 bits per heavy atom. The molecule has 0 aliphatic rings. The molecule has 0 aliphatic heterocycles. The summed E-state index contributed by atoms with van der Waals surface area (Å²) in [6, 6.07) is -0.345. The van der Waals surface area contributed by atoms with Crippen LogP contribution in [0.3, 0.4) is 0 Å². The number of pyridine rings is 1. The number of hydrogen-bond acceptors (Lipinski definition) is 1. The Morgan fingerprint density at radius 3 is 3.33 bits per heavy atom. The molecular formula is C7H8BrN. The molecule has 0 bridgehead atoms. The zero-order valence-electron chi connectivity index (χ0n) is 9.83. The van der Waals surface area contributed by atoms with Gasteiger partial charge in [-0.15, -0.1) is 0 Å². The molecule has 0 saturated heterocycles. The van der Waals surface area contributed by atoms with Gasteiger partial charge in [0.1, 0.15) is 0 Å². The van der Waals surface area contributed by atoms with Crippen LogP contribution in [-0.4, -0.2) is 4.98 Å². The van der Waals surface area contributed by atoms with E-state index in [-0.39, 0.29) is 17.8 Å². The first-order valence-electron chi connectivity index (χ1n) is 4.89. The molecule has 1 nitrogen and oxygen atoms in total. The Morgan fingerprint density at radius 2 is 2.67 bits per heavy atom. The van der Waals surface area contributed by atoms with E-state index in [1.807, 2.05) is 0 Å². The van der Waals surface area contributed by atoms with Crippen molar-refractivity contribution in [3.8, 4) is 0 Å². The fourth-order valence-electron chi connectivity index (χ4n) is 0.453. The molecule has 2 heteroatoms. The summed E-state index contributed by atoms with van der Waals surface area (Å²) in [5, 5.41) is 0. The topological polar surface area (TPSA) is 12.9 Å². The van der Waals surface area contributed by atoms with Crippen molar-refractivity contribution in [2.24, 2.45) is 0 Å². The van der Waals surface area contributed by atoms with E-state index in [0.29, 0.717) is 10.2 Å². The first kappa shape index (κ1) is 2.70. The molecule has 0 aromatic carbocycles. The van der Waals surface area contributed by atoms with Gasteiger partial charge in [0.25, 0.3) is 0 Å². The number of rotatable bonds is 0. The molecule has 9 heavy (non-hydrogen) atoms. The van der Waals surface area contributed by atoms with Crippen molar-refractivity contribution >= 4 is 15.9 Å². The van der Waals surface area contributed by atoms with Crippen molar-refractivity contribution in [2.75, 3.05) is 0 Å². The van der Waals surface area contributed by atoms with Gasteiger partial charge in [-0.1, -0.05) is 0 Å². The van der Waals surface area contributed by atoms with E-state index in [4.69, 9.17) is 6.85 Å². The fraction of sp³-hybridized carbons (Fsp3) is 0.286. The quantitative estimate of drug-likeness (QED) is 0.613. The maximum Gasteiger partial charge on any atom is 0.0840 e. The molecule has 1 heterocycles. The van der Waals surface area contributed by atoms with Crippen LogP contribution in [0, 0.1) is 13.8 Å². The predicted octanol–water partition coefficient (Wildman–Crippen LogP) is 2.46. The van der Waals surface area contributed by atoms with Crippen molar-refractivity contribution in [3.05, 3.63) is 27.9 Å². The minimum Gasteiger partial charge on any atom is -0.260 e. The third-order valence-electron chi connectivity index (χ3n) is 0.942. The highest BCUT2D eigenvalue weighted by Gasteiger charge is 1.95. The summed E-state index contributed by atoms with van der Waals surface area (Å²) in [6.45, 7) is -0.795. The lowest BCUT2D eigenvalue weighted by Crippen LogP contribution is -1.83. The smallest absolute Gasteiger partial charge is 0.0840 e.